The Labute approximate surface area is 240 Å². The first-order chi connectivity index (χ1) is 19.5. The number of hydrogen-bond donors (Lipinski definition) is 0. The monoisotopic (exact) mass is 557 g/mol. The van der Waals surface area contributed by atoms with E-state index in [1.165, 1.54) is 17.4 Å². The number of aromatic nitrogens is 2. The van der Waals surface area contributed by atoms with Gasteiger partial charge < -0.3 is 23.9 Å². The summed E-state index contributed by atoms with van der Waals surface area (Å²) in [5.41, 5.74) is 3.30. The van der Waals surface area contributed by atoms with Crippen LogP contribution >= 0.6 is 11.8 Å². The summed E-state index contributed by atoms with van der Waals surface area (Å²) < 4.78 is 11.2. The van der Waals surface area contributed by atoms with Crippen molar-refractivity contribution in [2.75, 3.05) is 50.1 Å². The lowest BCUT2D eigenvalue weighted by Gasteiger charge is -2.37. The fraction of sp³-hybridized carbons (Fsp3) is 0.323. The van der Waals surface area contributed by atoms with Crippen LogP contribution in [0.3, 0.4) is 0 Å². The fourth-order valence-electron chi connectivity index (χ4n) is 4.68. The summed E-state index contributed by atoms with van der Waals surface area (Å²) >= 11 is 1.53. The second-order valence-electron chi connectivity index (χ2n) is 9.73. The third-order valence-electron chi connectivity index (χ3n) is 6.97. The van der Waals surface area contributed by atoms with Crippen LogP contribution in [-0.4, -0.2) is 61.1 Å². The molecule has 8 nitrogen and oxygen atoms in total. The number of anilines is 2. The van der Waals surface area contributed by atoms with Gasteiger partial charge in [-0.1, -0.05) is 49.0 Å². The van der Waals surface area contributed by atoms with Crippen molar-refractivity contribution in [2.45, 2.75) is 30.8 Å². The summed E-state index contributed by atoms with van der Waals surface area (Å²) in [5, 5.41) is 0.720. The van der Waals surface area contributed by atoms with Gasteiger partial charge in [-0.05, 0) is 48.4 Å². The molecule has 9 heteroatoms. The molecule has 1 aliphatic heterocycles. The second kappa shape index (κ2) is 12.9. The molecule has 208 valence electrons. The molecule has 2 aromatic carbocycles. The number of nitrogens with zero attached hydrogens (tertiary/aromatic N) is 5. The number of piperazine rings is 1. The molecule has 0 spiro atoms. The summed E-state index contributed by atoms with van der Waals surface area (Å²) in [6.45, 7) is 6.25. The van der Waals surface area contributed by atoms with E-state index >= 15 is 0 Å². The van der Waals surface area contributed by atoms with E-state index in [-0.39, 0.29) is 5.91 Å². The Morgan fingerprint density at radius 1 is 0.975 bits per heavy atom. The van der Waals surface area contributed by atoms with Gasteiger partial charge in [0.05, 0.1) is 12.9 Å². The molecule has 0 bridgehead atoms. The van der Waals surface area contributed by atoms with E-state index in [0.29, 0.717) is 18.1 Å². The van der Waals surface area contributed by atoms with Crippen molar-refractivity contribution in [3.05, 3.63) is 95.6 Å². The smallest absolute Gasteiger partial charge is 0.289 e. The van der Waals surface area contributed by atoms with Crippen LogP contribution in [0.15, 0.2) is 82.4 Å². The van der Waals surface area contributed by atoms with Gasteiger partial charge >= 0.3 is 0 Å². The molecular weight excluding hydrogens is 522 g/mol. The van der Waals surface area contributed by atoms with Gasteiger partial charge in [-0.15, -0.1) is 0 Å². The number of methoxy groups -OCH3 is 1. The minimum absolute atomic E-state index is 0.139. The highest BCUT2D eigenvalue weighted by Crippen LogP contribution is 2.26. The molecule has 0 saturated carbocycles. The van der Waals surface area contributed by atoms with Gasteiger partial charge in [0, 0.05) is 57.2 Å². The first-order valence-electron chi connectivity index (χ1n) is 13.5. The van der Waals surface area contributed by atoms with Crippen LogP contribution in [0.5, 0.6) is 5.75 Å². The molecule has 2 aromatic heterocycles. The van der Waals surface area contributed by atoms with Crippen LogP contribution in [0.25, 0.3) is 0 Å². The van der Waals surface area contributed by atoms with Crippen LogP contribution in [0, 0.1) is 0 Å². The lowest BCUT2D eigenvalue weighted by molar-refractivity contribution is 0.0752. The van der Waals surface area contributed by atoms with Crippen LogP contribution < -0.4 is 14.5 Å². The van der Waals surface area contributed by atoms with E-state index in [1.54, 1.807) is 25.1 Å². The van der Waals surface area contributed by atoms with Crippen LogP contribution in [0.4, 0.5) is 11.5 Å². The molecule has 0 unspecified atom stereocenters. The van der Waals surface area contributed by atoms with E-state index < -0.39 is 0 Å². The summed E-state index contributed by atoms with van der Waals surface area (Å²) in [7, 11) is 3.47. The maximum absolute atomic E-state index is 12.9. The SMILES string of the molecule is CCc1cc(N2CCN(c3ccc(OC)cc3)CC2)nc(SCc2ccc(C(=O)N(C)Cc3ccccc3)o2)n1. The van der Waals surface area contributed by atoms with Gasteiger partial charge in [-0.2, -0.15) is 0 Å². The summed E-state index contributed by atoms with van der Waals surface area (Å²) in [4.78, 5) is 28.9. The van der Waals surface area contributed by atoms with Crippen molar-refractivity contribution < 1.29 is 13.9 Å². The standard InChI is InChI=1S/C31H35N5O3S/c1-4-24-20-29(36-18-16-35(17-19-36)25-10-12-26(38-3)13-11-25)33-31(32-24)40-22-27-14-15-28(39-27)30(37)34(2)21-23-8-6-5-7-9-23/h5-15,20H,4,16-19,21-22H2,1-3H3. The second-order valence-corrected chi connectivity index (χ2v) is 10.7. The lowest BCUT2D eigenvalue weighted by Crippen LogP contribution is -2.46. The summed E-state index contributed by atoms with van der Waals surface area (Å²) in [6.07, 6.45) is 0.835. The summed E-state index contributed by atoms with van der Waals surface area (Å²) in [6, 6.07) is 23.9. The molecule has 1 fully saturated rings. The molecule has 40 heavy (non-hydrogen) atoms. The zero-order valence-electron chi connectivity index (χ0n) is 23.2. The summed E-state index contributed by atoms with van der Waals surface area (Å²) in [5.74, 6) is 3.30. The van der Waals surface area contributed by atoms with Crippen molar-refractivity contribution in [1.82, 2.24) is 14.9 Å². The third-order valence-corrected chi connectivity index (χ3v) is 7.84. The molecule has 1 amide bonds. The van der Waals surface area contributed by atoms with Gasteiger partial charge in [0.2, 0.25) is 0 Å². The number of carbonyl (C=O) groups is 1. The maximum Gasteiger partial charge on any atom is 0.289 e. The number of thioether (sulfide) groups is 1. The topological polar surface area (TPSA) is 74.9 Å². The minimum Gasteiger partial charge on any atom is -0.497 e. The Morgan fingerprint density at radius 2 is 1.70 bits per heavy atom. The number of aryl methyl sites for hydroxylation is 1. The van der Waals surface area contributed by atoms with E-state index in [1.807, 2.05) is 48.5 Å². The zero-order chi connectivity index (χ0) is 27.9. The average molecular weight is 558 g/mol. The Morgan fingerprint density at radius 3 is 2.40 bits per heavy atom. The minimum atomic E-state index is -0.139. The molecule has 3 heterocycles. The molecule has 0 radical (unpaired) electrons. The molecule has 0 atom stereocenters. The molecule has 0 aliphatic carbocycles. The molecule has 1 saturated heterocycles. The van der Waals surface area contributed by atoms with Crippen molar-refractivity contribution >= 4 is 29.2 Å². The number of amides is 1. The van der Waals surface area contributed by atoms with Crippen LogP contribution in [0.1, 0.15) is 34.5 Å². The first kappa shape index (κ1) is 27.6. The fourth-order valence-corrected chi connectivity index (χ4v) is 5.44. The normalized spacial score (nSPS) is 13.4. The average Bonchev–Trinajstić information content (AvgIpc) is 3.49. The molecular formula is C31H35N5O3S. The van der Waals surface area contributed by atoms with Gasteiger partial charge in [0.25, 0.3) is 5.91 Å². The Kier molecular flexibility index (Phi) is 8.91. The Bertz CT molecular complexity index is 1400. The predicted molar refractivity (Wildman–Crippen MR) is 159 cm³/mol. The van der Waals surface area contributed by atoms with Crippen LogP contribution in [0.2, 0.25) is 0 Å². The largest absolute Gasteiger partial charge is 0.497 e. The van der Waals surface area contributed by atoms with Crippen LogP contribution in [-0.2, 0) is 18.7 Å². The number of rotatable bonds is 10. The van der Waals surface area contributed by atoms with Gasteiger partial charge in [0.1, 0.15) is 17.3 Å². The molecule has 5 rings (SSSR count). The van der Waals surface area contributed by atoms with E-state index in [2.05, 4.69) is 34.9 Å². The number of benzene rings is 2. The maximum atomic E-state index is 12.9. The molecule has 4 aromatic rings. The lowest BCUT2D eigenvalue weighted by atomic mass is 10.2. The Hall–Kier alpha value is -3.98. The zero-order valence-corrected chi connectivity index (χ0v) is 24.1. The quantitative estimate of drug-likeness (QED) is 0.186. The molecule has 1 aliphatic rings. The van der Waals surface area contributed by atoms with E-state index in [9.17, 15) is 4.79 Å². The van der Waals surface area contributed by atoms with Crippen molar-refractivity contribution in [2.24, 2.45) is 0 Å². The number of ether oxygens (including phenoxy) is 1. The number of hydrogen-bond acceptors (Lipinski definition) is 8. The highest BCUT2D eigenvalue weighted by molar-refractivity contribution is 7.98. The van der Waals surface area contributed by atoms with Gasteiger partial charge in [-0.3, -0.25) is 4.79 Å². The number of carbonyl (C=O) groups excluding carboxylic acids is 1. The van der Waals surface area contributed by atoms with E-state index in [4.69, 9.17) is 19.1 Å². The van der Waals surface area contributed by atoms with Gasteiger partial charge in [0.15, 0.2) is 10.9 Å². The van der Waals surface area contributed by atoms with Crippen molar-refractivity contribution in [1.29, 1.82) is 0 Å². The van der Waals surface area contributed by atoms with Gasteiger partial charge in [-0.25, -0.2) is 9.97 Å². The highest BCUT2D eigenvalue weighted by atomic mass is 32.2. The predicted octanol–water partition coefficient (Wildman–Crippen LogP) is 5.53. The first-order valence-corrected chi connectivity index (χ1v) is 14.5. The third kappa shape index (κ3) is 6.77. The van der Waals surface area contributed by atoms with E-state index in [0.717, 1.165) is 66.3 Å². The van der Waals surface area contributed by atoms with Crippen molar-refractivity contribution in [3.63, 3.8) is 0 Å². The highest BCUT2D eigenvalue weighted by Gasteiger charge is 2.21. The van der Waals surface area contributed by atoms with Crippen molar-refractivity contribution in [3.8, 4) is 5.75 Å². The Balaban J connectivity index is 1.19. The molecule has 0 N–H and O–H groups in total. The number of furan rings is 1.